The van der Waals surface area contributed by atoms with Gasteiger partial charge in [-0.1, -0.05) is 24.3 Å². The Morgan fingerprint density at radius 2 is 2.00 bits per heavy atom. The summed E-state index contributed by atoms with van der Waals surface area (Å²) in [5.41, 5.74) is 9.28. The van der Waals surface area contributed by atoms with Gasteiger partial charge in [-0.25, -0.2) is 0 Å². The Morgan fingerprint density at radius 1 is 1.13 bits per heavy atom. The van der Waals surface area contributed by atoms with Crippen LogP contribution in [-0.2, 0) is 12.8 Å². The number of para-hydroxylation sites is 1. The third kappa shape index (κ3) is 4.32. The number of fused-ring (bicyclic) bond motifs is 1. The van der Waals surface area contributed by atoms with E-state index in [0.717, 1.165) is 25.1 Å². The molecule has 4 N–H and O–H groups in total. The molecule has 3 rings (SSSR count). The van der Waals surface area contributed by atoms with E-state index >= 15 is 0 Å². The van der Waals surface area contributed by atoms with Crippen molar-refractivity contribution in [3.8, 4) is 0 Å². The van der Waals surface area contributed by atoms with Crippen LogP contribution in [0.5, 0.6) is 0 Å². The van der Waals surface area contributed by atoms with E-state index < -0.39 is 0 Å². The van der Waals surface area contributed by atoms with Gasteiger partial charge in [0.25, 0.3) is 0 Å². The van der Waals surface area contributed by atoms with Gasteiger partial charge < -0.3 is 16.0 Å². The molecule has 0 saturated heterocycles. The third-order valence-corrected chi connectivity index (χ3v) is 3.66. The number of aromatic amines is 1. The lowest BCUT2D eigenvalue weighted by Crippen LogP contribution is -2.33. The number of nitrogens with two attached hydrogens (primary N) is 1. The van der Waals surface area contributed by atoms with E-state index in [1.54, 1.807) is 6.20 Å². The number of H-pyrrole nitrogens is 1. The number of rotatable bonds is 6. The van der Waals surface area contributed by atoms with Crippen LogP contribution in [0.25, 0.3) is 10.9 Å². The van der Waals surface area contributed by atoms with Gasteiger partial charge in [0.1, 0.15) is 0 Å². The lowest BCUT2D eigenvalue weighted by Gasteiger charge is -2.04. The van der Waals surface area contributed by atoms with Crippen LogP contribution in [0.2, 0.25) is 0 Å². The van der Waals surface area contributed by atoms with E-state index in [1.165, 1.54) is 16.6 Å². The number of hydrogen-bond donors (Lipinski definition) is 3. The van der Waals surface area contributed by atoms with Gasteiger partial charge in [0.15, 0.2) is 5.96 Å². The maximum absolute atomic E-state index is 5.89. The Hall–Kier alpha value is -2.82. The maximum Gasteiger partial charge on any atom is 0.188 e. The fourth-order valence-electron chi connectivity index (χ4n) is 2.49. The number of guanidine groups is 1. The Balaban J connectivity index is 1.43. The number of aliphatic imine (C=N–C) groups is 1. The van der Waals surface area contributed by atoms with Crippen LogP contribution >= 0.6 is 0 Å². The number of nitrogens with one attached hydrogen (secondary N) is 2. The fraction of sp³-hybridized carbons (Fsp3) is 0.222. The van der Waals surface area contributed by atoms with Gasteiger partial charge >= 0.3 is 0 Å². The molecule has 0 aliphatic heterocycles. The lowest BCUT2D eigenvalue weighted by atomic mass is 10.2. The molecule has 1 aromatic carbocycles. The van der Waals surface area contributed by atoms with E-state index in [4.69, 9.17) is 5.73 Å². The minimum atomic E-state index is 0.483. The molecule has 3 aromatic rings. The molecular formula is C18H21N5. The normalized spacial score (nSPS) is 11.7. The molecule has 0 unspecified atom stereocenters. The van der Waals surface area contributed by atoms with Crippen LogP contribution in [0.1, 0.15) is 11.4 Å². The van der Waals surface area contributed by atoms with Crippen molar-refractivity contribution in [2.24, 2.45) is 10.7 Å². The van der Waals surface area contributed by atoms with Crippen LogP contribution < -0.4 is 11.1 Å². The quantitative estimate of drug-likeness (QED) is 0.483. The molecule has 5 heteroatoms. The summed E-state index contributed by atoms with van der Waals surface area (Å²) in [5, 5.41) is 4.38. The molecule has 0 radical (unpaired) electrons. The second-order valence-corrected chi connectivity index (χ2v) is 5.40. The molecule has 0 atom stereocenters. The zero-order valence-electron chi connectivity index (χ0n) is 13.0. The first-order valence-corrected chi connectivity index (χ1v) is 7.81. The van der Waals surface area contributed by atoms with Crippen molar-refractivity contribution in [2.45, 2.75) is 12.8 Å². The molecule has 5 nitrogen and oxygen atoms in total. The molecule has 0 spiro atoms. The average molecular weight is 307 g/mol. The van der Waals surface area contributed by atoms with Crippen molar-refractivity contribution < 1.29 is 0 Å². The largest absolute Gasteiger partial charge is 0.370 e. The number of hydrogen-bond acceptors (Lipinski definition) is 2. The van der Waals surface area contributed by atoms with Gasteiger partial charge in [0.05, 0.1) is 0 Å². The van der Waals surface area contributed by atoms with Crippen molar-refractivity contribution in [1.82, 2.24) is 15.3 Å². The predicted octanol–water partition coefficient (Wildman–Crippen LogP) is 2.25. The summed E-state index contributed by atoms with van der Waals surface area (Å²) >= 11 is 0. The van der Waals surface area contributed by atoms with Crippen LogP contribution in [-0.4, -0.2) is 29.0 Å². The highest BCUT2D eigenvalue weighted by Crippen LogP contribution is 2.14. The summed E-state index contributed by atoms with van der Waals surface area (Å²) in [6.07, 6.45) is 3.47. The number of aromatic nitrogens is 2. The molecule has 0 aliphatic rings. The van der Waals surface area contributed by atoms with Crippen LogP contribution in [0.4, 0.5) is 0 Å². The van der Waals surface area contributed by atoms with Gasteiger partial charge in [-0.05, 0) is 29.7 Å². The summed E-state index contributed by atoms with van der Waals surface area (Å²) < 4.78 is 0. The zero-order chi connectivity index (χ0) is 15.9. The van der Waals surface area contributed by atoms with E-state index in [2.05, 4.69) is 38.5 Å². The Kier molecular flexibility index (Phi) is 4.88. The molecule has 0 fully saturated rings. The number of nitrogens with zero attached hydrogens (tertiary/aromatic N) is 2. The van der Waals surface area contributed by atoms with Crippen molar-refractivity contribution in [3.63, 3.8) is 0 Å². The minimum absolute atomic E-state index is 0.483. The standard InChI is InChI=1S/C18H21N5/c19-18(21-11-8-15-6-3-4-10-20-15)22-12-9-16-13-14-5-1-2-7-17(14)23-16/h1-7,10,13,23H,8-9,11-12H2,(H3,19,21,22). The van der Waals surface area contributed by atoms with E-state index in [9.17, 15) is 0 Å². The summed E-state index contributed by atoms with van der Waals surface area (Å²) in [6, 6.07) is 16.3. The molecular weight excluding hydrogens is 286 g/mol. The molecule has 0 amide bonds. The molecule has 23 heavy (non-hydrogen) atoms. The molecule has 0 bridgehead atoms. The van der Waals surface area contributed by atoms with Crippen LogP contribution in [0.3, 0.4) is 0 Å². The highest BCUT2D eigenvalue weighted by atomic mass is 15.1. The Bertz CT molecular complexity index is 743. The first-order valence-electron chi connectivity index (χ1n) is 7.81. The molecule has 2 heterocycles. The van der Waals surface area contributed by atoms with Crippen molar-refractivity contribution in [2.75, 3.05) is 13.1 Å². The monoisotopic (exact) mass is 307 g/mol. The predicted molar refractivity (Wildman–Crippen MR) is 94.4 cm³/mol. The van der Waals surface area contributed by atoms with Gasteiger partial charge in [0, 0.05) is 49.0 Å². The summed E-state index contributed by atoms with van der Waals surface area (Å²) in [6.45, 7) is 1.40. The number of pyridine rings is 1. The minimum Gasteiger partial charge on any atom is -0.370 e. The highest BCUT2D eigenvalue weighted by molar-refractivity contribution is 5.80. The first-order chi connectivity index (χ1) is 11.3. The summed E-state index contributed by atoms with van der Waals surface area (Å²) in [5.74, 6) is 0.483. The molecule has 0 aliphatic carbocycles. The second-order valence-electron chi connectivity index (χ2n) is 5.40. The van der Waals surface area contributed by atoms with Gasteiger partial charge in [0.2, 0.25) is 0 Å². The third-order valence-electron chi connectivity index (χ3n) is 3.66. The summed E-state index contributed by atoms with van der Waals surface area (Å²) in [4.78, 5) is 12.0. The summed E-state index contributed by atoms with van der Waals surface area (Å²) in [7, 11) is 0. The SMILES string of the molecule is NC(=NCCc1ccccn1)NCCc1cc2ccccc2[nH]1. The van der Waals surface area contributed by atoms with Crippen molar-refractivity contribution in [1.29, 1.82) is 0 Å². The van der Waals surface area contributed by atoms with E-state index in [0.29, 0.717) is 12.5 Å². The average Bonchev–Trinajstić information content (AvgIpc) is 2.98. The Morgan fingerprint density at radius 3 is 2.83 bits per heavy atom. The van der Waals surface area contributed by atoms with Gasteiger partial charge in [-0.15, -0.1) is 0 Å². The molecule has 118 valence electrons. The topological polar surface area (TPSA) is 79.1 Å². The highest BCUT2D eigenvalue weighted by Gasteiger charge is 2.00. The smallest absolute Gasteiger partial charge is 0.188 e. The maximum atomic E-state index is 5.89. The second kappa shape index (κ2) is 7.45. The van der Waals surface area contributed by atoms with Crippen molar-refractivity contribution >= 4 is 16.9 Å². The van der Waals surface area contributed by atoms with Gasteiger partial charge in [-0.3, -0.25) is 9.98 Å². The van der Waals surface area contributed by atoms with E-state index in [1.807, 2.05) is 30.3 Å². The molecule has 0 saturated carbocycles. The zero-order valence-corrected chi connectivity index (χ0v) is 13.0. The van der Waals surface area contributed by atoms with Crippen molar-refractivity contribution in [3.05, 3.63) is 66.1 Å². The van der Waals surface area contributed by atoms with Crippen LogP contribution in [0.15, 0.2) is 59.7 Å². The van der Waals surface area contributed by atoms with E-state index in [-0.39, 0.29) is 0 Å². The van der Waals surface area contributed by atoms with Gasteiger partial charge in [-0.2, -0.15) is 0 Å². The molecule has 2 aromatic heterocycles. The number of benzene rings is 1. The van der Waals surface area contributed by atoms with Crippen LogP contribution in [0, 0.1) is 0 Å². The first kappa shape index (κ1) is 15.1. The fourth-order valence-corrected chi connectivity index (χ4v) is 2.49. The Labute approximate surface area is 135 Å². The lowest BCUT2D eigenvalue weighted by molar-refractivity contribution is 0.828.